The first kappa shape index (κ1) is 14.7. The molecule has 0 fully saturated rings. The van der Waals surface area contributed by atoms with Crippen molar-refractivity contribution in [1.82, 2.24) is 10.3 Å². The van der Waals surface area contributed by atoms with E-state index in [-0.39, 0.29) is 18.8 Å². The van der Waals surface area contributed by atoms with Gasteiger partial charge in [-0.05, 0) is 23.9 Å². The monoisotopic (exact) mass is 276 g/mol. The largest absolute Gasteiger partial charge is 0.394 e. The predicted octanol–water partition coefficient (Wildman–Crippen LogP) is 0.751. The van der Waals surface area contributed by atoms with Crippen LogP contribution in [-0.4, -0.2) is 33.9 Å². The lowest BCUT2D eigenvalue weighted by Gasteiger charge is -2.29. The Kier molecular flexibility index (Phi) is 4.54. The molecule has 0 spiro atoms. The second-order valence-electron chi connectivity index (χ2n) is 5.01. The van der Waals surface area contributed by atoms with Crippen molar-refractivity contribution < 1.29 is 10.2 Å². The van der Waals surface area contributed by atoms with Gasteiger partial charge in [-0.25, -0.2) is 0 Å². The SMILES string of the molecule is CCC(CO)(CO)NCc1cc2ccccc2[nH]c1=O. The maximum atomic E-state index is 12.0. The Morgan fingerprint density at radius 3 is 2.60 bits per heavy atom. The lowest BCUT2D eigenvalue weighted by atomic mass is 9.98. The van der Waals surface area contributed by atoms with Gasteiger partial charge in [-0.15, -0.1) is 0 Å². The molecule has 2 rings (SSSR count). The summed E-state index contributed by atoms with van der Waals surface area (Å²) in [4.78, 5) is 14.8. The number of fused-ring (bicyclic) bond motifs is 1. The number of benzene rings is 1. The van der Waals surface area contributed by atoms with Gasteiger partial charge in [0.2, 0.25) is 0 Å². The zero-order valence-electron chi connectivity index (χ0n) is 11.5. The summed E-state index contributed by atoms with van der Waals surface area (Å²) in [6.45, 7) is 1.83. The highest BCUT2D eigenvalue weighted by Gasteiger charge is 2.25. The number of aromatic amines is 1. The summed E-state index contributed by atoms with van der Waals surface area (Å²) in [6, 6.07) is 9.40. The topological polar surface area (TPSA) is 85.3 Å². The number of H-pyrrole nitrogens is 1. The van der Waals surface area contributed by atoms with Crippen molar-refractivity contribution in [3.63, 3.8) is 0 Å². The van der Waals surface area contributed by atoms with E-state index in [1.165, 1.54) is 0 Å². The van der Waals surface area contributed by atoms with Crippen LogP contribution in [0.4, 0.5) is 0 Å². The Morgan fingerprint density at radius 1 is 1.25 bits per heavy atom. The average Bonchev–Trinajstić information content (AvgIpc) is 2.49. The molecule has 1 aromatic heterocycles. The van der Waals surface area contributed by atoms with Crippen LogP contribution in [0.25, 0.3) is 10.9 Å². The van der Waals surface area contributed by atoms with Gasteiger partial charge in [0, 0.05) is 17.6 Å². The van der Waals surface area contributed by atoms with Gasteiger partial charge in [0.05, 0.1) is 18.8 Å². The number of para-hydroxylation sites is 1. The highest BCUT2D eigenvalue weighted by molar-refractivity contribution is 5.78. The van der Waals surface area contributed by atoms with Crippen molar-refractivity contribution in [2.24, 2.45) is 0 Å². The Bertz CT molecular complexity index is 624. The number of pyridine rings is 1. The molecule has 2 aromatic rings. The Labute approximate surface area is 117 Å². The third-order valence-corrected chi connectivity index (χ3v) is 3.77. The van der Waals surface area contributed by atoms with Crippen LogP contribution in [0.5, 0.6) is 0 Å². The van der Waals surface area contributed by atoms with E-state index in [0.717, 1.165) is 10.9 Å². The van der Waals surface area contributed by atoms with E-state index >= 15 is 0 Å². The zero-order chi connectivity index (χ0) is 14.6. The van der Waals surface area contributed by atoms with Gasteiger partial charge in [-0.2, -0.15) is 0 Å². The number of nitrogens with one attached hydrogen (secondary N) is 2. The fourth-order valence-corrected chi connectivity index (χ4v) is 2.12. The molecule has 0 amide bonds. The first-order valence-corrected chi connectivity index (χ1v) is 6.72. The van der Waals surface area contributed by atoms with E-state index in [0.29, 0.717) is 18.5 Å². The molecule has 4 N–H and O–H groups in total. The summed E-state index contributed by atoms with van der Waals surface area (Å²) in [7, 11) is 0. The highest BCUT2D eigenvalue weighted by atomic mass is 16.3. The molecule has 0 saturated heterocycles. The van der Waals surface area contributed by atoms with Crippen LogP contribution >= 0.6 is 0 Å². The van der Waals surface area contributed by atoms with Gasteiger partial charge in [-0.3, -0.25) is 4.79 Å². The van der Waals surface area contributed by atoms with Crippen molar-refractivity contribution in [3.05, 3.63) is 46.2 Å². The van der Waals surface area contributed by atoms with E-state index in [2.05, 4.69) is 10.3 Å². The van der Waals surface area contributed by atoms with Crippen LogP contribution in [0.1, 0.15) is 18.9 Å². The molecule has 5 heteroatoms. The molecule has 0 saturated carbocycles. The first-order valence-electron chi connectivity index (χ1n) is 6.72. The van der Waals surface area contributed by atoms with Crippen molar-refractivity contribution in [2.45, 2.75) is 25.4 Å². The van der Waals surface area contributed by atoms with Crippen molar-refractivity contribution in [3.8, 4) is 0 Å². The van der Waals surface area contributed by atoms with Gasteiger partial charge in [-0.1, -0.05) is 25.1 Å². The fraction of sp³-hybridized carbons (Fsp3) is 0.400. The van der Waals surface area contributed by atoms with Gasteiger partial charge in [0.15, 0.2) is 0 Å². The average molecular weight is 276 g/mol. The number of aliphatic hydroxyl groups is 2. The van der Waals surface area contributed by atoms with E-state index in [1.54, 1.807) is 0 Å². The van der Waals surface area contributed by atoms with Crippen LogP contribution < -0.4 is 10.9 Å². The third-order valence-electron chi connectivity index (χ3n) is 3.77. The third kappa shape index (κ3) is 2.90. The lowest BCUT2D eigenvalue weighted by molar-refractivity contribution is 0.0863. The maximum Gasteiger partial charge on any atom is 0.252 e. The van der Waals surface area contributed by atoms with Gasteiger partial charge < -0.3 is 20.5 Å². The van der Waals surface area contributed by atoms with E-state index in [1.807, 2.05) is 37.3 Å². The smallest absolute Gasteiger partial charge is 0.252 e. The lowest BCUT2D eigenvalue weighted by Crippen LogP contribution is -2.51. The first-order chi connectivity index (χ1) is 9.64. The van der Waals surface area contributed by atoms with Crippen LogP contribution in [0.15, 0.2) is 35.1 Å². The normalized spacial score (nSPS) is 11.9. The summed E-state index contributed by atoms with van der Waals surface area (Å²) in [5.74, 6) is 0. The maximum absolute atomic E-state index is 12.0. The molecule has 0 aliphatic heterocycles. The molecular weight excluding hydrogens is 256 g/mol. The number of aromatic nitrogens is 1. The Morgan fingerprint density at radius 2 is 1.95 bits per heavy atom. The number of aliphatic hydroxyl groups excluding tert-OH is 2. The van der Waals surface area contributed by atoms with Crippen LogP contribution in [0.2, 0.25) is 0 Å². The summed E-state index contributed by atoms with van der Waals surface area (Å²) in [5, 5.41) is 22.8. The molecule has 0 atom stereocenters. The molecule has 0 aliphatic rings. The van der Waals surface area contributed by atoms with Crippen molar-refractivity contribution >= 4 is 10.9 Å². The van der Waals surface area contributed by atoms with E-state index in [4.69, 9.17) is 0 Å². The second kappa shape index (κ2) is 6.17. The number of hydrogen-bond acceptors (Lipinski definition) is 4. The number of rotatable bonds is 6. The molecule has 20 heavy (non-hydrogen) atoms. The quantitative estimate of drug-likeness (QED) is 0.627. The van der Waals surface area contributed by atoms with Gasteiger partial charge in [0.1, 0.15) is 0 Å². The van der Waals surface area contributed by atoms with Gasteiger partial charge >= 0.3 is 0 Å². The Hall–Kier alpha value is -1.69. The predicted molar refractivity (Wildman–Crippen MR) is 78.6 cm³/mol. The van der Waals surface area contributed by atoms with E-state index in [9.17, 15) is 15.0 Å². The fourth-order valence-electron chi connectivity index (χ4n) is 2.12. The summed E-state index contributed by atoms with van der Waals surface area (Å²) >= 11 is 0. The molecule has 0 unspecified atom stereocenters. The van der Waals surface area contributed by atoms with Crippen LogP contribution in [-0.2, 0) is 6.54 Å². The molecule has 0 bridgehead atoms. The zero-order valence-corrected chi connectivity index (χ0v) is 11.5. The molecule has 0 radical (unpaired) electrons. The summed E-state index contributed by atoms with van der Waals surface area (Å²) in [6.07, 6.45) is 0.575. The summed E-state index contributed by atoms with van der Waals surface area (Å²) in [5.41, 5.74) is 0.478. The minimum absolute atomic E-state index is 0.155. The van der Waals surface area contributed by atoms with E-state index < -0.39 is 5.54 Å². The van der Waals surface area contributed by atoms with Crippen LogP contribution in [0, 0.1) is 0 Å². The van der Waals surface area contributed by atoms with Crippen LogP contribution in [0.3, 0.4) is 0 Å². The molecule has 1 heterocycles. The van der Waals surface area contributed by atoms with Crippen molar-refractivity contribution in [1.29, 1.82) is 0 Å². The minimum Gasteiger partial charge on any atom is -0.394 e. The second-order valence-corrected chi connectivity index (χ2v) is 5.01. The Balaban J connectivity index is 2.25. The molecular formula is C15H20N2O3. The molecule has 0 aliphatic carbocycles. The number of hydrogen-bond donors (Lipinski definition) is 4. The molecule has 108 valence electrons. The standard InChI is InChI=1S/C15H20N2O3/c1-2-15(9-18,10-19)16-8-12-7-11-5-3-4-6-13(11)17-14(12)20/h3-7,16,18-19H,2,8-10H2,1H3,(H,17,20). The highest BCUT2D eigenvalue weighted by Crippen LogP contribution is 2.12. The molecule has 5 nitrogen and oxygen atoms in total. The van der Waals surface area contributed by atoms with Crippen molar-refractivity contribution in [2.75, 3.05) is 13.2 Å². The summed E-state index contributed by atoms with van der Waals surface area (Å²) < 4.78 is 0. The van der Waals surface area contributed by atoms with Gasteiger partial charge in [0.25, 0.3) is 5.56 Å². The minimum atomic E-state index is -0.752. The molecule has 1 aromatic carbocycles.